The number of rotatable bonds is 6. The molecule has 27 heavy (non-hydrogen) atoms. The number of ether oxygens (including phenoxy) is 4. The lowest BCUT2D eigenvalue weighted by Crippen LogP contribution is -2.27. The largest absolute Gasteiger partial charge is 0.494 e. The maximum Gasteiger partial charge on any atom is 0.273 e. The van der Waals surface area contributed by atoms with Gasteiger partial charge in [0.25, 0.3) is 5.91 Å². The van der Waals surface area contributed by atoms with Crippen LogP contribution in [0.3, 0.4) is 0 Å². The molecule has 2 aromatic rings. The SMILES string of the molecule is COc1cc(C=NNC(=O)C(OC)c2ccc3c(c2)OCCO3)ccc1F. The molecule has 3 rings (SSSR count). The van der Waals surface area contributed by atoms with E-state index in [2.05, 4.69) is 10.5 Å². The number of carbonyl (C=O) groups excluding carboxylic acids is 1. The number of nitrogens with one attached hydrogen (secondary N) is 1. The average molecular weight is 374 g/mol. The third-order valence-electron chi connectivity index (χ3n) is 3.91. The van der Waals surface area contributed by atoms with Gasteiger partial charge in [0.1, 0.15) is 13.2 Å². The molecule has 1 unspecified atom stereocenters. The minimum Gasteiger partial charge on any atom is -0.494 e. The van der Waals surface area contributed by atoms with Crippen LogP contribution in [0.1, 0.15) is 17.2 Å². The molecule has 142 valence electrons. The summed E-state index contributed by atoms with van der Waals surface area (Å²) in [6.07, 6.45) is 0.511. The molecule has 1 aliphatic rings. The zero-order chi connectivity index (χ0) is 19.2. The van der Waals surface area contributed by atoms with Gasteiger partial charge in [0.2, 0.25) is 0 Å². The van der Waals surface area contributed by atoms with Crippen molar-refractivity contribution in [2.24, 2.45) is 5.10 Å². The number of halogens is 1. The highest BCUT2D eigenvalue weighted by Gasteiger charge is 2.22. The van der Waals surface area contributed by atoms with Gasteiger partial charge in [-0.25, -0.2) is 9.82 Å². The summed E-state index contributed by atoms with van der Waals surface area (Å²) < 4.78 is 34.6. The van der Waals surface area contributed by atoms with Crippen molar-refractivity contribution in [3.8, 4) is 17.2 Å². The average Bonchev–Trinajstić information content (AvgIpc) is 2.69. The van der Waals surface area contributed by atoms with Crippen molar-refractivity contribution in [2.75, 3.05) is 27.4 Å². The molecule has 1 heterocycles. The van der Waals surface area contributed by atoms with E-state index in [0.29, 0.717) is 35.8 Å². The van der Waals surface area contributed by atoms with Crippen molar-refractivity contribution in [1.29, 1.82) is 0 Å². The monoisotopic (exact) mass is 374 g/mol. The molecular formula is C19H19FN2O5. The number of hydrazone groups is 1. The highest BCUT2D eigenvalue weighted by Crippen LogP contribution is 2.33. The Morgan fingerprint density at radius 2 is 1.96 bits per heavy atom. The van der Waals surface area contributed by atoms with Gasteiger partial charge in [0, 0.05) is 7.11 Å². The number of carbonyl (C=O) groups is 1. The summed E-state index contributed by atoms with van der Waals surface area (Å²) in [6.45, 7) is 0.940. The Morgan fingerprint density at radius 1 is 1.19 bits per heavy atom. The number of hydrogen-bond donors (Lipinski definition) is 1. The smallest absolute Gasteiger partial charge is 0.273 e. The van der Waals surface area contributed by atoms with Crippen LogP contribution in [0.15, 0.2) is 41.5 Å². The molecule has 1 N–H and O–H groups in total. The molecule has 0 radical (unpaired) electrons. The molecular weight excluding hydrogens is 355 g/mol. The molecule has 0 fully saturated rings. The molecule has 1 aliphatic heterocycles. The second kappa shape index (κ2) is 8.50. The summed E-state index contributed by atoms with van der Waals surface area (Å²) in [7, 11) is 2.80. The van der Waals surface area contributed by atoms with Crippen LogP contribution in [-0.2, 0) is 9.53 Å². The lowest BCUT2D eigenvalue weighted by Gasteiger charge is -2.20. The van der Waals surface area contributed by atoms with Crippen molar-refractivity contribution in [1.82, 2.24) is 5.43 Å². The van der Waals surface area contributed by atoms with Gasteiger partial charge in [-0.3, -0.25) is 4.79 Å². The Morgan fingerprint density at radius 3 is 2.70 bits per heavy atom. The van der Waals surface area contributed by atoms with E-state index in [1.165, 1.54) is 38.6 Å². The minimum atomic E-state index is -0.874. The first-order valence-electron chi connectivity index (χ1n) is 8.21. The molecule has 2 aromatic carbocycles. The Kier molecular flexibility index (Phi) is 5.87. The second-order valence-corrected chi connectivity index (χ2v) is 5.65. The lowest BCUT2D eigenvalue weighted by molar-refractivity contribution is -0.131. The van der Waals surface area contributed by atoms with Crippen LogP contribution in [0.5, 0.6) is 17.2 Å². The number of amides is 1. The first kappa shape index (κ1) is 18.7. The maximum absolute atomic E-state index is 13.4. The summed E-state index contributed by atoms with van der Waals surface area (Å²) >= 11 is 0. The van der Waals surface area contributed by atoms with Gasteiger partial charge >= 0.3 is 0 Å². The van der Waals surface area contributed by atoms with E-state index in [0.717, 1.165) is 0 Å². The first-order valence-corrected chi connectivity index (χ1v) is 8.21. The van der Waals surface area contributed by atoms with E-state index in [-0.39, 0.29) is 5.75 Å². The molecule has 0 aliphatic carbocycles. The molecule has 7 nitrogen and oxygen atoms in total. The fourth-order valence-electron chi connectivity index (χ4n) is 2.60. The number of methoxy groups -OCH3 is 2. The van der Waals surface area contributed by atoms with E-state index in [9.17, 15) is 9.18 Å². The molecule has 0 bridgehead atoms. The Balaban J connectivity index is 1.68. The summed E-state index contributed by atoms with van der Waals surface area (Å²) in [5, 5.41) is 3.89. The Labute approximate surface area is 155 Å². The topological polar surface area (TPSA) is 78.4 Å². The highest BCUT2D eigenvalue weighted by molar-refractivity contribution is 5.85. The quantitative estimate of drug-likeness (QED) is 0.621. The van der Waals surface area contributed by atoms with Crippen molar-refractivity contribution in [2.45, 2.75) is 6.10 Å². The van der Waals surface area contributed by atoms with Gasteiger partial charge < -0.3 is 18.9 Å². The van der Waals surface area contributed by atoms with Gasteiger partial charge in [-0.1, -0.05) is 12.1 Å². The predicted octanol–water partition coefficient (Wildman–Crippen LogP) is 2.44. The van der Waals surface area contributed by atoms with Crippen LogP contribution < -0.4 is 19.6 Å². The number of fused-ring (bicyclic) bond motifs is 1. The molecule has 1 amide bonds. The third kappa shape index (κ3) is 4.35. The zero-order valence-corrected chi connectivity index (χ0v) is 14.9. The number of benzene rings is 2. The number of nitrogens with zero attached hydrogens (tertiary/aromatic N) is 1. The normalized spacial score (nSPS) is 14.0. The Bertz CT molecular complexity index is 856. The van der Waals surface area contributed by atoms with Crippen molar-refractivity contribution in [3.05, 3.63) is 53.3 Å². The van der Waals surface area contributed by atoms with Gasteiger partial charge in [0.15, 0.2) is 29.2 Å². The van der Waals surface area contributed by atoms with Crippen molar-refractivity contribution < 1.29 is 28.1 Å². The standard InChI is InChI=1S/C19H19FN2O5/c1-24-16-9-12(3-5-14(16)20)11-21-22-19(23)18(25-2)13-4-6-15-17(10-13)27-8-7-26-15/h3-6,9-11,18H,7-8H2,1-2H3,(H,22,23). The van der Waals surface area contributed by atoms with E-state index in [4.69, 9.17) is 18.9 Å². The van der Waals surface area contributed by atoms with E-state index in [1.807, 2.05) is 0 Å². The first-order chi connectivity index (χ1) is 13.1. The van der Waals surface area contributed by atoms with E-state index >= 15 is 0 Å². The molecule has 0 aromatic heterocycles. The summed E-state index contributed by atoms with van der Waals surface area (Å²) in [5.41, 5.74) is 3.59. The lowest BCUT2D eigenvalue weighted by atomic mass is 10.1. The van der Waals surface area contributed by atoms with Gasteiger partial charge in [-0.15, -0.1) is 0 Å². The Hall–Kier alpha value is -3.13. The predicted molar refractivity (Wildman–Crippen MR) is 95.9 cm³/mol. The summed E-state index contributed by atoms with van der Waals surface area (Å²) in [5.74, 6) is 0.353. The van der Waals surface area contributed by atoms with Crippen molar-refractivity contribution in [3.63, 3.8) is 0 Å². The van der Waals surface area contributed by atoms with Crippen LogP contribution in [0.2, 0.25) is 0 Å². The zero-order valence-electron chi connectivity index (χ0n) is 14.9. The van der Waals surface area contributed by atoms with Crippen LogP contribution in [0.25, 0.3) is 0 Å². The summed E-state index contributed by atoms with van der Waals surface area (Å²) in [6, 6.07) is 9.42. The molecule has 1 atom stereocenters. The third-order valence-corrected chi connectivity index (χ3v) is 3.91. The van der Waals surface area contributed by atoms with Crippen LogP contribution in [-0.4, -0.2) is 39.6 Å². The van der Waals surface area contributed by atoms with Crippen LogP contribution >= 0.6 is 0 Å². The second-order valence-electron chi connectivity index (χ2n) is 5.65. The number of hydrogen-bond acceptors (Lipinski definition) is 6. The van der Waals surface area contributed by atoms with Gasteiger partial charge in [-0.05, 0) is 35.4 Å². The minimum absolute atomic E-state index is 0.0938. The maximum atomic E-state index is 13.4. The van der Waals surface area contributed by atoms with E-state index < -0.39 is 17.8 Å². The van der Waals surface area contributed by atoms with Gasteiger partial charge in [-0.2, -0.15) is 5.10 Å². The highest BCUT2D eigenvalue weighted by atomic mass is 19.1. The van der Waals surface area contributed by atoms with Crippen molar-refractivity contribution >= 4 is 12.1 Å². The molecule has 0 saturated heterocycles. The van der Waals surface area contributed by atoms with Crippen LogP contribution in [0.4, 0.5) is 4.39 Å². The fourth-order valence-corrected chi connectivity index (χ4v) is 2.60. The van der Waals surface area contributed by atoms with Crippen LogP contribution in [0, 0.1) is 5.82 Å². The molecule has 0 saturated carbocycles. The molecule has 8 heteroatoms. The fraction of sp³-hybridized carbons (Fsp3) is 0.263. The van der Waals surface area contributed by atoms with Gasteiger partial charge in [0.05, 0.1) is 13.3 Å². The van der Waals surface area contributed by atoms with E-state index in [1.54, 1.807) is 18.2 Å². The summed E-state index contributed by atoms with van der Waals surface area (Å²) in [4.78, 5) is 12.4. The molecule has 0 spiro atoms.